The molecule has 28 heavy (non-hydrogen) atoms. The van der Waals surface area contributed by atoms with Crippen LogP contribution in [0.3, 0.4) is 0 Å². The first-order valence-corrected chi connectivity index (χ1v) is 10.7. The van der Waals surface area contributed by atoms with Gasteiger partial charge in [-0.05, 0) is 30.3 Å². The number of nitrogens with one attached hydrogen (secondary N) is 1. The van der Waals surface area contributed by atoms with Gasteiger partial charge in [-0.1, -0.05) is 18.2 Å². The normalized spacial score (nSPS) is 11.5. The van der Waals surface area contributed by atoms with Crippen molar-refractivity contribution in [1.82, 2.24) is 9.62 Å². The Hall–Kier alpha value is -2.62. The van der Waals surface area contributed by atoms with Crippen molar-refractivity contribution in [2.24, 2.45) is 0 Å². The van der Waals surface area contributed by atoms with Crippen molar-refractivity contribution in [1.29, 1.82) is 0 Å². The zero-order valence-corrected chi connectivity index (χ0v) is 17.0. The fraction of sp³-hybridized carbons (Fsp3) is 0.211. The van der Waals surface area contributed by atoms with Crippen molar-refractivity contribution < 1.29 is 22.4 Å². The predicted octanol–water partition coefficient (Wildman–Crippen LogP) is 3.10. The van der Waals surface area contributed by atoms with Crippen LogP contribution in [0.2, 0.25) is 0 Å². The first kappa shape index (κ1) is 20.1. The van der Waals surface area contributed by atoms with E-state index in [-0.39, 0.29) is 29.0 Å². The SMILES string of the molecule is CN(C)S(=O)(=O)c1ccc(CNC(=O)c2occc2COc2ccccc2)s1. The summed E-state index contributed by atoms with van der Waals surface area (Å²) < 4.78 is 36.6. The van der Waals surface area contributed by atoms with E-state index in [9.17, 15) is 13.2 Å². The number of para-hydroxylation sites is 1. The van der Waals surface area contributed by atoms with Crippen LogP contribution in [0.4, 0.5) is 0 Å². The number of benzene rings is 1. The predicted molar refractivity (Wildman–Crippen MR) is 106 cm³/mol. The molecule has 9 heteroatoms. The maximum absolute atomic E-state index is 12.4. The molecule has 1 aromatic carbocycles. The summed E-state index contributed by atoms with van der Waals surface area (Å²) in [5.41, 5.74) is 0.628. The summed E-state index contributed by atoms with van der Waals surface area (Å²) in [6.45, 7) is 0.402. The zero-order chi connectivity index (χ0) is 20.1. The lowest BCUT2D eigenvalue weighted by Gasteiger charge is -2.08. The Balaban J connectivity index is 1.60. The third kappa shape index (κ3) is 4.61. The molecular formula is C19H20N2O5S2. The quantitative estimate of drug-likeness (QED) is 0.605. The summed E-state index contributed by atoms with van der Waals surface area (Å²) in [5.74, 6) is 0.485. The van der Waals surface area contributed by atoms with Gasteiger partial charge in [-0.25, -0.2) is 12.7 Å². The Morgan fingerprint density at radius 3 is 2.61 bits per heavy atom. The molecule has 1 amide bonds. The number of nitrogens with zero attached hydrogens (tertiary/aromatic N) is 1. The molecule has 2 heterocycles. The molecule has 2 aromatic heterocycles. The number of furan rings is 1. The van der Waals surface area contributed by atoms with E-state index in [1.807, 2.05) is 30.3 Å². The standard InChI is InChI=1S/C19H20N2O5S2/c1-21(2)28(23,24)17-9-8-16(27-17)12-20-19(22)18-14(10-11-25-18)13-26-15-6-4-3-5-7-15/h3-11H,12-13H2,1-2H3,(H,20,22). The summed E-state index contributed by atoms with van der Waals surface area (Å²) >= 11 is 1.12. The van der Waals surface area contributed by atoms with Crippen molar-refractivity contribution >= 4 is 27.3 Å². The van der Waals surface area contributed by atoms with E-state index in [1.54, 1.807) is 12.1 Å². The average molecular weight is 421 g/mol. The first-order chi connectivity index (χ1) is 13.4. The van der Waals surface area contributed by atoms with Gasteiger partial charge in [0.1, 0.15) is 16.6 Å². The van der Waals surface area contributed by atoms with Crippen molar-refractivity contribution in [2.75, 3.05) is 14.1 Å². The lowest BCUT2D eigenvalue weighted by atomic mass is 10.2. The lowest BCUT2D eigenvalue weighted by Crippen LogP contribution is -2.23. The minimum Gasteiger partial charge on any atom is -0.489 e. The Morgan fingerprint density at radius 2 is 1.89 bits per heavy atom. The van der Waals surface area contributed by atoms with Crippen molar-refractivity contribution in [3.05, 3.63) is 71.0 Å². The minimum atomic E-state index is -3.47. The highest BCUT2D eigenvalue weighted by Crippen LogP contribution is 2.24. The molecule has 0 bridgehead atoms. The van der Waals surface area contributed by atoms with Gasteiger partial charge < -0.3 is 14.5 Å². The Morgan fingerprint density at radius 1 is 1.14 bits per heavy atom. The maximum atomic E-state index is 12.4. The highest BCUT2D eigenvalue weighted by molar-refractivity contribution is 7.91. The van der Waals surface area contributed by atoms with Gasteiger partial charge in [-0.2, -0.15) is 0 Å². The molecule has 0 unspecified atom stereocenters. The zero-order valence-electron chi connectivity index (χ0n) is 15.4. The van der Waals surface area contributed by atoms with Gasteiger partial charge in [-0.3, -0.25) is 4.79 Å². The monoisotopic (exact) mass is 420 g/mol. The number of hydrogen-bond acceptors (Lipinski definition) is 6. The number of carbonyl (C=O) groups excluding carboxylic acids is 1. The highest BCUT2D eigenvalue weighted by Gasteiger charge is 2.20. The summed E-state index contributed by atoms with van der Waals surface area (Å²) in [6.07, 6.45) is 1.44. The van der Waals surface area contributed by atoms with Crippen LogP contribution < -0.4 is 10.1 Å². The van der Waals surface area contributed by atoms with E-state index < -0.39 is 10.0 Å². The number of hydrogen-bond donors (Lipinski definition) is 1. The van der Waals surface area contributed by atoms with E-state index in [4.69, 9.17) is 9.15 Å². The van der Waals surface area contributed by atoms with E-state index >= 15 is 0 Å². The molecule has 148 valence electrons. The molecule has 0 saturated carbocycles. The van der Waals surface area contributed by atoms with Crippen molar-refractivity contribution in [3.63, 3.8) is 0 Å². The number of amides is 1. The molecule has 3 aromatic rings. The molecule has 0 aliphatic heterocycles. The molecule has 3 rings (SSSR count). The fourth-order valence-corrected chi connectivity index (χ4v) is 4.81. The Kier molecular flexibility index (Phi) is 6.18. The molecule has 0 radical (unpaired) electrons. The smallest absolute Gasteiger partial charge is 0.287 e. The van der Waals surface area contributed by atoms with Crippen LogP contribution in [0.1, 0.15) is 21.0 Å². The maximum Gasteiger partial charge on any atom is 0.287 e. The number of carbonyl (C=O) groups is 1. The van der Waals surface area contributed by atoms with Gasteiger partial charge in [0.05, 0.1) is 12.8 Å². The van der Waals surface area contributed by atoms with Gasteiger partial charge in [0, 0.05) is 24.5 Å². The molecule has 0 saturated heterocycles. The van der Waals surface area contributed by atoms with E-state index in [0.717, 1.165) is 20.5 Å². The van der Waals surface area contributed by atoms with Crippen LogP contribution in [0.25, 0.3) is 0 Å². The summed E-state index contributed by atoms with van der Waals surface area (Å²) in [5, 5.41) is 2.75. The second kappa shape index (κ2) is 8.59. The van der Waals surface area contributed by atoms with E-state index in [0.29, 0.717) is 11.3 Å². The van der Waals surface area contributed by atoms with Crippen molar-refractivity contribution in [3.8, 4) is 5.75 Å². The first-order valence-electron chi connectivity index (χ1n) is 8.41. The minimum absolute atomic E-state index is 0.175. The molecular weight excluding hydrogens is 400 g/mol. The van der Waals surface area contributed by atoms with E-state index in [2.05, 4.69) is 5.32 Å². The second-order valence-electron chi connectivity index (χ2n) is 6.07. The van der Waals surface area contributed by atoms with Crippen LogP contribution in [0, 0.1) is 0 Å². The summed E-state index contributed by atoms with van der Waals surface area (Å²) in [4.78, 5) is 13.2. The number of rotatable bonds is 8. The van der Waals surface area contributed by atoms with Gasteiger partial charge in [0.15, 0.2) is 5.76 Å². The Bertz CT molecular complexity index is 1040. The van der Waals surface area contributed by atoms with Crippen LogP contribution in [-0.2, 0) is 23.2 Å². The van der Waals surface area contributed by atoms with Crippen LogP contribution in [-0.4, -0.2) is 32.7 Å². The molecule has 7 nitrogen and oxygen atoms in total. The summed E-state index contributed by atoms with van der Waals surface area (Å²) in [6, 6.07) is 14.2. The molecule has 0 aliphatic carbocycles. The van der Waals surface area contributed by atoms with Gasteiger partial charge in [0.25, 0.3) is 15.9 Å². The van der Waals surface area contributed by atoms with E-state index in [1.165, 1.54) is 26.4 Å². The number of sulfonamides is 1. The average Bonchev–Trinajstić information content (AvgIpc) is 3.35. The third-order valence-corrected chi connectivity index (χ3v) is 7.25. The summed E-state index contributed by atoms with van der Waals surface area (Å²) in [7, 11) is -0.517. The lowest BCUT2D eigenvalue weighted by molar-refractivity contribution is 0.0920. The molecule has 0 aliphatic rings. The molecule has 0 spiro atoms. The third-order valence-electron chi connectivity index (χ3n) is 3.89. The highest BCUT2D eigenvalue weighted by atomic mass is 32.2. The largest absolute Gasteiger partial charge is 0.489 e. The Labute approximate surface area is 167 Å². The van der Waals surface area contributed by atoms with Gasteiger partial charge in [-0.15, -0.1) is 11.3 Å². The van der Waals surface area contributed by atoms with Crippen LogP contribution >= 0.6 is 11.3 Å². The number of ether oxygens (including phenoxy) is 1. The fourth-order valence-electron chi connectivity index (χ4n) is 2.35. The molecule has 1 N–H and O–H groups in total. The molecule has 0 fully saturated rings. The van der Waals surface area contributed by atoms with Crippen LogP contribution in [0.5, 0.6) is 5.75 Å². The van der Waals surface area contributed by atoms with Gasteiger partial charge >= 0.3 is 0 Å². The molecule has 0 atom stereocenters. The van der Waals surface area contributed by atoms with Crippen LogP contribution in [0.15, 0.2) is 63.4 Å². The van der Waals surface area contributed by atoms with Crippen molar-refractivity contribution in [2.45, 2.75) is 17.4 Å². The number of thiophene rings is 1. The topological polar surface area (TPSA) is 88.9 Å². The van der Waals surface area contributed by atoms with Gasteiger partial charge in [0.2, 0.25) is 0 Å². The second-order valence-corrected chi connectivity index (χ2v) is 9.61.